The summed E-state index contributed by atoms with van der Waals surface area (Å²) in [4.78, 5) is 0. The predicted molar refractivity (Wildman–Crippen MR) is 75.2 cm³/mol. The molecule has 1 N–H and O–H groups in total. The summed E-state index contributed by atoms with van der Waals surface area (Å²) < 4.78 is 1.29. The average molecular weight is 294 g/mol. The Hall–Kier alpha value is -0.340. The highest BCUT2D eigenvalue weighted by atomic mass is 79.9. The molecule has 17 heavy (non-hydrogen) atoms. The van der Waals surface area contributed by atoms with E-state index < -0.39 is 0 Å². The quantitative estimate of drug-likeness (QED) is 0.862. The molecule has 2 aliphatic carbocycles. The van der Waals surface area contributed by atoms with E-state index in [2.05, 4.69) is 45.5 Å². The molecular weight excluding hydrogens is 274 g/mol. The first-order valence-corrected chi connectivity index (χ1v) is 7.61. The van der Waals surface area contributed by atoms with Crippen molar-refractivity contribution >= 4 is 15.9 Å². The maximum Gasteiger partial charge on any atom is 0.0210 e. The Balaban J connectivity index is 1.74. The molecule has 2 saturated carbocycles. The van der Waals surface area contributed by atoms with Crippen molar-refractivity contribution in [1.82, 2.24) is 5.32 Å². The van der Waals surface area contributed by atoms with Gasteiger partial charge in [-0.3, -0.25) is 0 Å². The van der Waals surface area contributed by atoms with E-state index in [0.29, 0.717) is 5.92 Å². The Kier molecular flexibility index (Phi) is 3.53. The van der Waals surface area contributed by atoms with Crippen LogP contribution < -0.4 is 5.32 Å². The summed E-state index contributed by atoms with van der Waals surface area (Å²) in [5.41, 5.74) is 1.50. The van der Waals surface area contributed by atoms with Gasteiger partial charge in [0.2, 0.25) is 0 Å². The third-order valence-corrected chi connectivity index (χ3v) is 4.95. The van der Waals surface area contributed by atoms with Gasteiger partial charge in [-0.2, -0.15) is 0 Å². The predicted octanol–water partition coefficient (Wildman–Crippen LogP) is 4.08. The van der Waals surface area contributed by atoms with Gasteiger partial charge in [0.15, 0.2) is 0 Å². The summed E-state index contributed by atoms with van der Waals surface area (Å²) in [5.74, 6) is 1.61. The third kappa shape index (κ3) is 2.74. The largest absolute Gasteiger partial charge is 0.313 e. The van der Waals surface area contributed by atoms with Crippen LogP contribution in [-0.4, -0.2) is 12.6 Å². The van der Waals surface area contributed by atoms with Gasteiger partial charge in [-0.1, -0.05) is 40.5 Å². The van der Waals surface area contributed by atoms with E-state index in [1.54, 1.807) is 0 Å². The van der Waals surface area contributed by atoms with Gasteiger partial charge >= 0.3 is 0 Å². The molecule has 2 fully saturated rings. The Morgan fingerprint density at radius 1 is 1.18 bits per heavy atom. The van der Waals surface area contributed by atoms with Gasteiger partial charge in [-0.05, 0) is 43.2 Å². The van der Waals surface area contributed by atoms with Crippen LogP contribution in [-0.2, 0) is 0 Å². The topological polar surface area (TPSA) is 12.0 Å². The van der Waals surface area contributed by atoms with Crippen LogP contribution in [0.4, 0.5) is 0 Å². The summed E-state index contributed by atoms with van der Waals surface area (Å²) in [6, 6.07) is 9.57. The van der Waals surface area contributed by atoms with Crippen LogP contribution >= 0.6 is 15.9 Å². The monoisotopic (exact) mass is 293 g/mol. The highest BCUT2D eigenvalue weighted by Crippen LogP contribution is 2.41. The van der Waals surface area contributed by atoms with Gasteiger partial charge in [-0.15, -0.1) is 0 Å². The SMILES string of the molecule is Brc1ccccc1C(CNC1CC1)C1CCC1. The lowest BCUT2D eigenvalue weighted by atomic mass is 9.73. The first-order valence-electron chi connectivity index (χ1n) is 6.82. The molecule has 2 heteroatoms. The fourth-order valence-electron chi connectivity index (χ4n) is 2.73. The minimum absolute atomic E-state index is 0.708. The number of benzene rings is 1. The Morgan fingerprint density at radius 2 is 1.94 bits per heavy atom. The smallest absolute Gasteiger partial charge is 0.0210 e. The molecule has 0 aromatic heterocycles. The van der Waals surface area contributed by atoms with Crippen molar-refractivity contribution in [3.05, 3.63) is 34.3 Å². The van der Waals surface area contributed by atoms with Gasteiger partial charge in [0, 0.05) is 23.0 Å². The number of halogens is 1. The second-order valence-electron chi connectivity index (χ2n) is 5.50. The number of hydrogen-bond donors (Lipinski definition) is 1. The van der Waals surface area contributed by atoms with Gasteiger partial charge in [0.25, 0.3) is 0 Å². The standard InChI is InChI=1S/C15H20BrN/c16-15-7-2-1-6-13(15)14(11-4-3-5-11)10-17-12-8-9-12/h1-2,6-7,11-12,14,17H,3-5,8-10H2. The van der Waals surface area contributed by atoms with E-state index in [0.717, 1.165) is 18.5 Å². The highest BCUT2D eigenvalue weighted by molar-refractivity contribution is 9.10. The molecular formula is C15H20BrN. The molecule has 1 unspecified atom stereocenters. The van der Waals surface area contributed by atoms with Crippen LogP contribution in [0.5, 0.6) is 0 Å². The number of nitrogens with one attached hydrogen (secondary N) is 1. The van der Waals surface area contributed by atoms with E-state index in [-0.39, 0.29) is 0 Å². The average Bonchev–Trinajstić information content (AvgIpc) is 3.06. The summed E-state index contributed by atoms with van der Waals surface area (Å²) in [5, 5.41) is 3.71. The summed E-state index contributed by atoms with van der Waals surface area (Å²) in [6.45, 7) is 1.16. The van der Waals surface area contributed by atoms with Crippen molar-refractivity contribution in [2.45, 2.75) is 44.1 Å². The zero-order valence-electron chi connectivity index (χ0n) is 10.2. The summed E-state index contributed by atoms with van der Waals surface area (Å²) in [6.07, 6.45) is 7.02. The third-order valence-electron chi connectivity index (χ3n) is 4.23. The fourth-order valence-corrected chi connectivity index (χ4v) is 3.31. The molecule has 92 valence electrons. The van der Waals surface area contributed by atoms with Crippen LogP contribution in [0.15, 0.2) is 28.7 Å². The first-order chi connectivity index (χ1) is 8.34. The van der Waals surface area contributed by atoms with E-state index in [4.69, 9.17) is 0 Å². The van der Waals surface area contributed by atoms with Gasteiger partial charge in [0.05, 0.1) is 0 Å². The molecule has 1 aromatic carbocycles. The minimum atomic E-state index is 0.708. The van der Waals surface area contributed by atoms with Crippen molar-refractivity contribution in [2.75, 3.05) is 6.54 Å². The lowest BCUT2D eigenvalue weighted by molar-refractivity contribution is 0.254. The maximum atomic E-state index is 3.71. The molecule has 0 heterocycles. The van der Waals surface area contributed by atoms with Gasteiger partial charge in [-0.25, -0.2) is 0 Å². The van der Waals surface area contributed by atoms with E-state index in [9.17, 15) is 0 Å². The normalized spacial score (nSPS) is 22.2. The molecule has 2 aliphatic rings. The second kappa shape index (κ2) is 5.11. The Morgan fingerprint density at radius 3 is 2.53 bits per heavy atom. The van der Waals surface area contributed by atoms with Crippen molar-refractivity contribution < 1.29 is 0 Å². The van der Waals surface area contributed by atoms with Gasteiger partial charge < -0.3 is 5.32 Å². The molecule has 0 bridgehead atoms. The molecule has 0 saturated heterocycles. The first kappa shape index (κ1) is 11.7. The van der Waals surface area contributed by atoms with E-state index in [1.165, 1.54) is 42.1 Å². The van der Waals surface area contributed by atoms with Crippen molar-refractivity contribution in [2.24, 2.45) is 5.92 Å². The zero-order chi connectivity index (χ0) is 11.7. The van der Waals surface area contributed by atoms with Gasteiger partial charge in [0.1, 0.15) is 0 Å². The summed E-state index contributed by atoms with van der Waals surface area (Å²) in [7, 11) is 0. The minimum Gasteiger partial charge on any atom is -0.313 e. The van der Waals surface area contributed by atoms with Crippen molar-refractivity contribution in [3.8, 4) is 0 Å². The Labute approximate surface area is 112 Å². The van der Waals surface area contributed by atoms with Crippen molar-refractivity contribution in [3.63, 3.8) is 0 Å². The molecule has 1 atom stereocenters. The second-order valence-corrected chi connectivity index (χ2v) is 6.36. The van der Waals surface area contributed by atoms with Crippen molar-refractivity contribution in [1.29, 1.82) is 0 Å². The van der Waals surface area contributed by atoms with E-state index in [1.807, 2.05) is 0 Å². The van der Waals surface area contributed by atoms with Crippen LogP contribution in [0.3, 0.4) is 0 Å². The lowest BCUT2D eigenvalue weighted by Crippen LogP contribution is -2.31. The molecule has 1 aromatic rings. The Bertz CT molecular complexity index is 382. The summed E-state index contributed by atoms with van der Waals surface area (Å²) >= 11 is 3.71. The van der Waals surface area contributed by atoms with Crippen LogP contribution in [0.1, 0.15) is 43.6 Å². The molecule has 3 rings (SSSR count). The molecule has 1 nitrogen and oxygen atoms in total. The van der Waals surface area contributed by atoms with Crippen LogP contribution in [0.25, 0.3) is 0 Å². The van der Waals surface area contributed by atoms with E-state index >= 15 is 0 Å². The zero-order valence-corrected chi connectivity index (χ0v) is 11.7. The number of rotatable bonds is 5. The molecule has 0 aliphatic heterocycles. The lowest BCUT2D eigenvalue weighted by Gasteiger charge is -2.35. The molecule has 0 spiro atoms. The fraction of sp³-hybridized carbons (Fsp3) is 0.600. The van der Waals surface area contributed by atoms with Crippen LogP contribution in [0.2, 0.25) is 0 Å². The molecule has 0 radical (unpaired) electrons. The molecule has 0 amide bonds. The number of hydrogen-bond acceptors (Lipinski definition) is 1. The highest BCUT2D eigenvalue weighted by Gasteiger charge is 2.31. The van der Waals surface area contributed by atoms with Crippen LogP contribution in [0, 0.1) is 5.92 Å². The maximum absolute atomic E-state index is 3.71.